The number of benzene rings is 3. The summed E-state index contributed by atoms with van der Waals surface area (Å²) in [5.74, 6) is -0.853. The smallest absolute Gasteiger partial charge is 0.412 e. The molecule has 8 nitrogen and oxygen atoms in total. The molecule has 35 heavy (non-hydrogen) atoms. The zero-order chi connectivity index (χ0) is 24.4. The number of hydrogen-bond donors (Lipinski definition) is 3. The number of carboxylic acids is 1. The Morgan fingerprint density at radius 1 is 1.11 bits per heavy atom. The van der Waals surface area contributed by atoms with Gasteiger partial charge in [-0.2, -0.15) is 0 Å². The number of fused-ring (bicyclic) bond motifs is 3. The van der Waals surface area contributed by atoms with Gasteiger partial charge in [-0.25, -0.2) is 4.79 Å². The molecular formula is C27H23N3O5. The highest BCUT2D eigenvalue weighted by atomic mass is 16.6. The third kappa shape index (κ3) is 4.72. The second-order valence-corrected chi connectivity index (χ2v) is 8.34. The summed E-state index contributed by atoms with van der Waals surface area (Å²) in [6.07, 6.45) is 0.347. The average Bonchev–Trinajstić information content (AvgIpc) is 3.31. The summed E-state index contributed by atoms with van der Waals surface area (Å²) >= 11 is 0. The Morgan fingerprint density at radius 3 is 2.71 bits per heavy atom. The van der Waals surface area contributed by atoms with E-state index in [1.54, 1.807) is 6.92 Å². The molecule has 3 N–H and O–H groups in total. The molecule has 1 aliphatic heterocycles. The van der Waals surface area contributed by atoms with E-state index in [4.69, 9.17) is 14.4 Å². The minimum Gasteiger partial charge on any atom is -0.481 e. The molecule has 1 amide bonds. The molecule has 4 aromatic rings. The minimum atomic E-state index is -0.853. The number of carbonyl (C=O) groups excluding carboxylic acids is 1. The van der Waals surface area contributed by atoms with Crippen LogP contribution in [0.1, 0.15) is 29.7 Å². The summed E-state index contributed by atoms with van der Waals surface area (Å²) in [6, 6.07) is 21.0. The lowest BCUT2D eigenvalue weighted by Crippen LogP contribution is -2.16. The van der Waals surface area contributed by atoms with Crippen molar-refractivity contribution in [1.82, 2.24) is 5.16 Å². The van der Waals surface area contributed by atoms with Gasteiger partial charge in [-0.05, 0) is 35.2 Å². The zero-order valence-electron chi connectivity index (χ0n) is 18.9. The van der Waals surface area contributed by atoms with Gasteiger partial charge >= 0.3 is 12.1 Å². The van der Waals surface area contributed by atoms with E-state index in [1.165, 1.54) is 6.26 Å². The molecule has 0 fully saturated rings. The second-order valence-electron chi connectivity index (χ2n) is 8.34. The van der Waals surface area contributed by atoms with Crippen LogP contribution < -0.4 is 10.6 Å². The topological polar surface area (TPSA) is 114 Å². The van der Waals surface area contributed by atoms with Gasteiger partial charge < -0.3 is 19.7 Å². The van der Waals surface area contributed by atoms with E-state index in [1.807, 2.05) is 66.7 Å². The van der Waals surface area contributed by atoms with Crippen LogP contribution in [0.4, 0.5) is 16.2 Å². The van der Waals surface area contributed by atoms with Crippen LogP contribution in [0, 0.1) is 0 Å². The number of nitrogens with zero attached hydrogens (tertiary/aromatic N) is 1. The lowest BCUT2D eigenvalue weighted by atomic mass is 9.91. The number of aromatic nitrogens is 1. The Kier molecular flexibility index (Phi) is 5.93. The Morgan fingerprint density at radius 2 is 1.91 bits per heavy atom. The molecule has 0 radical (unpaired) electrons. The Bertz CT molecular complexity index is 1400. The summed E-state index contributed by atoms with van der Waals surface area (Å²) < 4.78 is 10.6. The Labute approximate surface area is 201 Å². The fraction of sp³-hybridized carbons (Fsp3) is 0.148. The van der Waals surface area contributed by atoms with Crippen LogP contribution in [0.2, 0.25) is 0 Å². The van der Waals surface area contributed by atoms with Gasteiger partial charge in [-0.1, -0.05) is 65.8 Å². The maximum absolute atomic E-state index is 12.5. The molecule has 0 aliphatic carbocycles. The number of carbonyl (C=O) groups is 2. The number of aliphatic carboxylic acids is 1. The van der Waals surface area contributed by atoms with Gasteiger partial charge in [0, 0.05) is 23.4 Å². The van der Waals surface area contributed by atoms with E-state index in [2.05, 4.69) is 15.8 Å². The van der Waals surface area contributed by atoms with E-state index in [0.29, 0.717) is 17.9 Å². The molecule has 1 aromatic heterocycles. The number of nitrogens with one attached hydrogen (secondary N) is 2. The summed E-state index contributed by atoms with van der Waals surface area (Å²) in [5.41, 5.74) is 7.34. The normalized spacial score (nSPS) is 12.6. The lowest BCUT2D eigenvalue weighted by molar-refractivity contribution is -0.136. The first-order valence-electron chi connectivity index (χ1n) is 11.2. The molecule has 0 saturated heterocycles. The quantitative estimate of drug-likeness (QED) is 0.323. The number of anilines is 2. The molecule has 0 spiro atoms. The summed E-state index contributed by atoms with van der Waals surface area (Å²) in [7, 11) is 0. The monoisotopic (exact) mass is 469 g/mol. The van der Waals surface area contributed by atoms with Crippen molar-refractivity contribution in [1.29, 1.82) is 0 Å². The molecule has 8 heteroatoms. The van der Waals surface area contributed by atoms with E-state index < -0.39 is 18.2 Å². The van der Waals surface area contributed by atoms with Gasteiger partial charge in [0.1, 0.15) is 23.7 Å². The van der Waals surface area contributed by atoms with Gasteiger partial charge in [-0.15, -0.1) is 0 Å². The predicted octanol–water partition coefficient (Wildman–Crippen LogP) is 5.87. The highest BCUT2D eigenvalue weighted by molar-refractivity contribution is 5.92. The summed E-state index contributed by atoms with van der Waals surface area (Å²) in [5, 5.41) is 19.2. The number of ether oxygens (including phenoxy) is 1. The predicted molar refractivity (Wildman–Crippen MR) is 131 cm³/mol. The van der Waals surface area contributed by atoms with Crippen LogP contribution in [-0.4, -0.2) is 22.3 Å². The number of carboxylic acid groups (broad SMARTS) is 1. The van der Waals surface area contributed by atoms with Crippen LogP contribution >= 0.6 is 0 Å². The van der Waals surface area contributed by atoms with Crippen LogP contribution in [-0.2, 0) is 22.5 Å². The van der Waals surface area contributed by atoms with Crippen molar-refractivity contribution in [3.05, 3.63) is 89.7 Å². The highest BCUT2D eigenvalue weighted by Gasteiger charge is 2.20. The van der Waals surface area contributed by atoms with Gasteiger partial charge in [-0.3, -0.25) is 10.1 Å². The largest absolute Gasteiger partial charge is 0.481 e. The van der Waals surface area contributed by atoms with Gasteiger partial charge in [0.05, 0.1) is 6.42 Å². The molecule has 2 heterocycles. The van der Waals surface area contributed by atoms with E-state index >= 15 is 0 Å². The summed E-state index contributed by atoms with van der Waals surface area (Å²) in [4.78, 5) is 23.5. The van der Waals surface area contributed by atoms with Crippen LogP contribution in [0.25, 0.3) is 22.4 Å². The van der Waals surface area contributed by atoms with E-state index in [0.717, 1.165) is 39.1 Å². The van der Waals surface area contributed by atoms with Crippen LogP contribution in [0.5, 0.6) is 0 Å². The molecule has 176 valence electrons. The third-order valence-electron chi connectivity index (χ3n) is 5.94. The molecule has 3 aromatic carbocycles. The van der Waals surface area contributed by atoms with Crippen molar-refractivity contribution in [2.75, 3.05) is 10.6 Å². The van der Waals surface area contributed by atoms with Gasteiger partial charge in [0.2, 0.25) is 0 Å². The SMILES string of the molecule is CC(OC(=O)Nc1conc1-c1ccc2c(c1)NCc1cc(CC(=O)O)ccc1-2)c1ccccc1. The first-order valence-corrected chi connectivity index (χ1v) is 11.2. The molecule has 1 unspecified atom stereocenters. The lowest BCUT2D eigenvalue weighted by Gasteiger charge is -2.23. The Hall–Kier alpha value is -4.59. The molecule has 1 atom stereocenters. The molecule has 0 saturated carbocycles. The van der Waals surface area contributed by atoms with E-state index in [9.17, 15) is 9.59 Å². The zero-order valence-corrected chi connectivity index (χ0v) is 18.9. The van der Waals surface area contributed by atoms with Crippen molar-refractivity contribution in [2.24, 2.45) is 0 Å². The van der Waals surface area contributed by atoms with Crippen LogP contribution in [0.15, 0.2) is 77.5 Å². The summed E-state index contributed by atoms with van der Waals surface area (Å²) in [6.45, 7) is 2.38. The average molecular weight is 469 g/mol. The first kappa shape index (κ1) is 22.2. The van der Waals surface area contributed by atoms with Crippen LogP contribution in [0.3, 0.4) is 0 Å². The first-order chi connectivity index (χ1) is 17.0. The molecule has 0 bridgehead atoms. The fourth-order valence-corrected chi connectivity index (χ4v) is 4.23. The maximum atomic E-state index is 12.5. The second kappa shape index (κ2) is 9.34. The van der Waals surface area contributed by atoms with Crippen molar-refractivity contribution in [3.63, 3.8) is 0 Å². The number of amides is 1. The van der Waals surface area contributed by atoms with Crippen molar-refractivity contribution >= 4 is 23.4 Å². The third-order valence-corrected chi connectivity index (χ3v) is 5.94. The van der Waals surface area contributed by atoms with Crippen molar-refractivity contribution in [2.45, 2.75) is 26.0 Å². The fourth-order valence-electron chi connectivity index (χ4n) is 4.23. The molecule has 5 rings (SSSR count). The highest BCUT2D eigenvalue weighted by Crippen LogP contribution is 2.39. The standard InChI is InChI=1S/C27H23N3O5/c1-16(18-5-3-2-4-6-18)35-27(33)29-24-15-34-30-26(24)19-8-10-22-21-9-7-17(12-25(31)32)11-20(21)14-28-23(22)13-19/h2-11,13,15-16,28H,12,14H2,1H3,(H,29,33)(H,31,32). The number of rotatable bonds is 6. The molecular weight excluding hydrogens is 446 g/mol. The maximum Gasteiger partial charge on any atom is 0.412 e. The van der Waals surface area contributed by atoms with E-state index in [-0.39, 0.29) is 6.42 Å². The minimum absolute atomic E-state index is 0.00638. The number of hydrogen-bond acceptors (Lipinski definition) is 6. The molecule has 1 aliphatic rings. The van der Waals surface area contributed by atoms with Gasteiger partial charge in [0.15, 0.2) is 0 Å². The van der Waals surface area contributed by atoms with Gasteiger partial charge in [0.25, 0.3) is 0 Å². The Balaban J connectivity index is 1.34. The van der Waals surface area contributed by atoms with Crippen molar-refractivity contribution in [3.8, 4) is 22.4 Å². The van der Waals surface area contributed by atoms with Crippen molar-refractivity contribution < 1.29 is 24.0 Å².